The number of aryl methyl sites for hydroxylation is 1. The summed E-state index contributed by atoms with van der Waals surface area (Å²) in [6.45, 7) is 4.80. The second-order valence-corrected chi connectivity index (χ2v) is 8.18. The first-order valence-electron chi connectivity index (χ1n) is 9.09. The van der Waals surface area contributed by atoms with Crippen LogP contribution in [0.15, 0.2) is 24.3 Å². The lowest BCUT2D eigenvalue weighted by molar-refractivity contribution is -0.136. The molecule has 0 spiro atoms. The Kier molecular flexibility index (Phi) is 6.37. The van der Waals surface area contributed by atoms with Gasteiger partial charge in [-0.05, 0) is 63.1 Å². The lowest BCUT2D eigenvalue weighted by atomic mass is 9.95. The highest BCUT2D eigenvalue weighted by atomic mass is 32.2. The highest BCUT2D eigenvalue weighted by Gasteiger charge is 2.27. The molecule has 0 aromatic heterocycles. The zero-order valence-corrected chi connectivity index (χ0v) is 15.6. The quantitative estimate of drug-likeness (QED) is 0.808. The second-order valence-electron chi connectivity index (χ2n) is 7.03. The van der Waals surface area contributed by atoms with Gasteiger partial charge in [-0.15, -0.1) is 0 Å². The molecule has 0 aliphatic carbocycles. The van der Waals surface area contributed by atoms with Gasteiger partial charge >= 0.3 is 11.8 Å². The van der Waals surface area contributed by atoms with Gasteiger partial charge in [-0.2, -0.15) is 11.8 Å². The van der Waals surface area contributed by atoms with Crippen LogP contribution in [-0.2, 0) is 9.59 Å². The van der Waals surface area contributed by atoms with Crippen LogP contribution >= 0.6 is 11.8 Å². The smallest absolute Gasteiger partial charge is 0.313 e. The molecule has 6 heteroatoms. The fourth-order valence-electron chi connectivity index (χ4n) is 3.47. The van der Waals surface area contributed by atoms with E-state index in [0.717, 1.165) is 37.5 Å². The van der Waals surface area contributed by atoms with Crippen LogP contribution < -0.4 is 10.6 Å². The van der Waals surface area contributed by atoms with Gasteiger partial charge in [-0.1, -0.05) is 17.7 Å². The van der Waals surface area contributed by atoms with Crippen molar-refractivity contribution in [1.29, 1.82) is 0 Å². The van der Waals surface area contributed by atoms with Gasteiger partial charge in [0.25, 0.3) is 0 Å². The number of hydrogen-bond acceptors (Lipinski definition) is 4. The van der Waals surface area contributed by atoms with E-state index >= 15 is 0 Å². The van der Waals surface area contributed by atoms with Crippen molar-refractivity contribution in [1.82, 2.24) is 10.2 Å². The number of carbonyl (C=O) groups excluding carboxylic acids is 2. The molecule has 25 heavy (non-hydrogen) atoms. The number of piperidine rings is 1. The summed E-state index contributed by atoms with van der Waals surface area (Å²) in [7, 11) is 0. The zero-order chi connectivity index (χ0) is 17.6. The SMILES string of the molecule is Cc1ccc(NC(=O)C(=O)NCC2CCN(C3CCSC3)CC2)cc1. The van der Waals surface area contributed by atoms with Crippen molar-refractivity contribution in [3.05, 3.63) is 29.8 Å². The summed E-state index contributed by atoms with van der Waals surface area (Å²) in [6, 6.07) is 8.17. The van der Waals surface area contributed by atoms with Crippen molar-refractivity contribution < 1.29 is 9.59 Å². The maximum Gasteiger partial charge on any atom is 0.313 e. The summed E-state index contributed by atoms with van der Waals surface area (Å²) in [5.41, 5.74) is 1.76. The first kappa shape index (κ1) is 18.3. The summed E-state index contributed by atoms with van der Waals surface area (Å²) < 4.78 is 0. The maximum absolute atomic E-state index is 12.0. The van der Waals surface area contributed by atoms with Crippen LogP contribution in [0.5, 0.6) is 0 Å². The molecule has 1 aromatic rings. The van der Waals surface area contributed by atoms with Crippen LogP contribution in [0.4, 0.5) is 5.69 Å². The van der Waals surface area contributed by atoms with E-state index in [1.807, 2.05) is 19.1 Å². The average molecular weight is 362 g/mol. The van der Waals surface area contributed by atoms with Gasteiger partial charge in [0.15, 0.2) is 0 Å². The molecule has 2 heterocycles. The third kappa shape index (κ3) is 5.22. The number of hydrogen-bond donors (Lipinski definition) is 2. The Morgan fingerprint density at radius 2 is 1.84 bits per heavy atom. The molecule has 2 N–H and O–H groups in total. The number of likely N-dealkylation sites (tertiary alicyclic amines) is 1. The average Bonchev–Trinajstić information content (AvgIpc) is 3.16. The molecule has 2 amide bonds. The summed E-state index contributed by atoms with van der Waals surface area (Å²) in [6.07, 6.45) is 3.51. The van der Waals surface area contributed by atoms with Crippen LogP contribution in [0.3, 0.4) is 0 Å². The Labute approximate surface area is 153 Å². The van der Waals surface area contributed by atoms with Gasteiger partial charge in [0.05, 0.1) is 0 Å². The van der Waals surface area contributed by atoms with Gasteiger partial charge in [0, 0.05) is 24.0 Å². The van der Waals surface area contributed by atoms with Gasteiger partial charge in [0.2, 0.25) is 0 Å². The molecule has 1 atom stereocenters. The van der Waals surface area contributed by atoms with E-state index in [1.54, 1.807) is 12.1 Å². The molecule has 0 radical (unpaired) electrons. The third-order valence-electron chi connectivity index (χ3n) is 5.14. The predicted octanol–water partition coefficient (Wildman–Crippen LogP) is 2.27. The van der Waals surface area contributed by atoms with Crippen LogP contribution in [-0.4, -0.2) is 53.9 Å². The summed E-state index contributed by atoms with van der Waals surface area (Å²) in [5.74, 6) is 1.89. The third-order valence-corrected chi connectivity index (χ3v) is 6.28. The standard InChI is InChI=1S/C19H27N3O2S/c1-14-2-4-16(5-3-14)21-19(24)18(23)20-12-15-6-9-22(10-7-15)17-8-11-25-13-17/h2-5,15,17H,6-13H2,1H3,(H,20,23)(H,21,24). The number of nitrogens with zero attached hydrogens (tertiary/aromatic N) is 1. The number of thioether (sulfide) groups is 1. The van der Waals surface area contributed by atoms with E-state index in [1.165, 1.54) is 17.9 Å². The van der Waals surface area contributed by atoms with Crippen molar-refractivity contribution in [3.8, 4) is 0 Å². The Morgan fingerprint density at radius 1 is 1.12 bits per heavy atom. The fourth-order valence-corrected chi connectivity index (χ4v) is 4.73. The fraction of sp³-hybridized carbons (Fsp3) is 0.579. The second kappa shape index (κ2) is 8.72. The van der Waals surface area contributed by atoms with Gasteiger partial charge in [-0.25, -0.2) is 0 Å². The van der Waals surface area contributed by atoms with Gasteiger partial charge in [-0.3, -0.25) is 14.5 Å². The van der Waals surface area contributed by atoms with Crippen LogP contribution in [0, 0.1) is 12.8 Å². The van der Waals surface area contributed by atoms with Crippen LogP contribution in [0.2, 0.25) is 0 Å². The largest absolute Gasteiger partial charge is 0.348 e. The number of carbonyl (C=O) groups is 2. The van der Waals surface area contributed by atoms with E-state index in [0.29, 0.717) is 18.2 Å². The topological polar surface area (TPSA) is 61.4 Å². The molecule has 1 unspecified atom stereocenters. The summed E-state index contributed by atoms with van der Waals surface area (Å²) in [4.78, 5) is 26.6. The van der Waals surface area contributed by atoms with E-state index in [-0.39, 0.29) is 0 Å². The molecule has 136 valence electrons. The molecule has 0 bridgehead atoms. The molecular formula is C19H27N3O2S. The Morgan fingerprint density at radius 3 is 2.48 bits per heavy atom. The van der Waals surface area contributed by atoms with Crippen LogP contribution in [0.25, 0.3) is 0 Å². The maximum atomic E-state index is 12.0. The number of anilines is 1. The number of nitrogens with one attached hydrogen (secondary N) is 2. The van der Waals surface area contributed by atoms with Gasteiger partial charge < -0.3 is 10.6 Å². The number of benzene rings is 1. The van der Waals surface area contributed by atoms with Crippen molar-refractivity contribution in [2.24, 2.45) is 5.92 Å². The molecule has 2 aliphatic rings. The van der Waals surface area contributed by atoms with Crippen molar-refractivity contribution >= 4 is 29.3 Å². The van der Waals surface area contributed by atoms with Crippen LogP contribution in [0.1, 0.15) is 24.8 Å². The zero-order valence-electron chi connectivity index (χ0n) is 14.8. The Balaban J connectivity index is 1.37. The number of amides is 2. The predicted molar refractivity (Wildman–Crippen MR) is 103 cm³/mol. The highest BCUT2D eigenvalue weighted by molar-refractivity contribution is 7.99. The van der Waals surface area contributed by atoms with E-state index in [4.69, 9.17) is 0 Å². The summed E-state index contributed by atoms with van der Waals surface area (Å²) in [5, 5.41) is 5.43. The molecule has 2 aliphatic heterocycles. The highest BCUT2D eigenvalue weighted by Crippen LogP contribution is 2.26. The minimum Gasteiger partial charge on any atom is -0.348 e. The molecule has 2 saturated heterocycles. The summed E-state index contributed by atoms with van der Waals surface area (Å²) >= 11 is 2.05. The Hall–Kier alpha value is -1.53. The van der Waals surface area contributed by atoms with E-state index in [2.05, 4.69) is 27.3 Å². The first-order chi connectivity index (χ1) is 12.1. The van der Waals surface area contributed by atoms with E-state index in [9.17, 15) is 9.59 Å². The molecule has 3 rings (SSSR count). The van der Waals surface area contributed by atoms with Gasteiger partial charge in [0.1, 0.15) is 0 Å². The monoisotopic (exact) mass is 361 g/mol. The normalized spacial score (nSPS) is 21.9. The van der Waals surface area contributed by atoms with Crippen molar-refractivity contribution in [3.63, 3.8) is 0 Å². The molecule has 2 fully saturated rings. The first-order valence-corrected chi connectivity index (χ1v) is 10.2. The van der Waals surface area contributed by atoms with Crippen molar-refractivity contribution in [2.75, 3.05) is 36.5 Å². The molecule has 5 nitrogen and oxygen atoms in total. The molecule has 0 saturated carbocycles. The Bertz CT molecular complexity index is 591. The molecule has 1 aromatic carbocycles. The molecular weight excluding hydrogens is 334 g/mol. The van der Waals surface area contributed by atoms with E-state index < -0.39 is 11.8 Å². The minimum atomic E-state index is -0.593. The lowest BCUT2D eigenvalue weighted by Crippen LogP contribution is -2.45. The number of rotatable bonds is 4. The van der Waals surface area contributed by atoms with Crippen molar-refractivity contribution in [2.45, 2.75) is 32.2 Å². The minimum absolute atomic E-state index is 0.474. The lowest BCUT2D eigenvalue weighted by Gasteiger charge is -2.35.